The summed E-state index contributed by atoms with van der Waals surface area (Å²) in [4.78, 5) is 63.4. The molecule has 18 heteroatoms. The van der Waals surface area contributed by atoms with Gasteiger partial charge in [0.05, 0.1) is 60.0 Å². The van der Waals surface area contributed by atoms with Gasteiger partial charge in [0.1, 0.15) is 30.4 Å². The van der Waals surface area contributed by atoms with Gasteiger partial charge in [-0.05, 0) is 93.0 Å². The third-order valence-corrected chi connectivity index (χ3v) is 14.6. The van der Waals surface area contributed by atoms with E-state index >= 15 is 0 Å². The van der Waals surface area contributed by atoms with Gasteiger partial charge in [0.15, 0.2) is 5.79 Å². The van der Waals surface area contributed by atoms with E-state index in [0.29, 0.717) is 38.2 Å². The Labute approximate surface area is 488 Å². The number of halogens is 2. The smallest absolute Gasteiger partial charge is 0.308 e. The monoisotopic (exact) mass is 1150 g/mol. The predicted molar refractivity (Wildman–Crippen MR) is 314 cm³/mol. The zero-order valence-corrected chi connectivity index (χ0v) is 51.0. The number of carbonyl (C=O) groups is 4. The number of aliphatic hydroxyl groups excluding tert-OH is 2. The van der Waals surface area contributed by atoms with Gasteiger partial charge in [-0.2, -0.15) is 0 Å². The number of hydrogen-bond donors (Lipinski definition) is 3. The second-order valence-electron chi connectivity index (χ2n) is 25.3. The van der Waals surface area contributed by atoms with Crippen LogP contribution in [0, 0.1) is 11.6 Å². The number of benzene rings is 2. The van der Waals surface area contributed by atoms with Gasteiger partial charge in [-0.1, -0.05) is 104 Å². The van der Waals surface area contributed by atoms with E-state index in [-0.39, 0.29) is 79.5 Å². The third-order valence-electron chi connectivity index (χ3n) is 14.6. The molecule has 83 heavy (non-hydrogen) atoms. The number of pyridine rings is 2. The second-order valence-corrected chi connectivity index (χ2v) is 25.3. The highest BCUT2D eigenvalue weighted by molar-refractivity contribution is 5.85. The van der Waals surface area contributed by atoms with Gasteiger partial charge in [0.2, 0.25) is 11.8 Å². The quantitative estimate of drug-likeness (QED) is 0.0793. The molecular weight excluding hydrogens is 1070 g/mol. The molecule has 0 unspecified atom stereocenters. The fraction of sp³-hybridized carbons (Fsp3) is 0.538. The minimum atomic E-state index is -1.20. The molecule has 5 heterocycles. The first-order valence-electron chi connectivity index (χ1n) is 28.4. The number of carboxylic acid groups (broad SMARTS) is 1. The molecule has 3 aliphatic heterocycles. The number of rotatable bonds is 18. The summed E-state index contributed by atoms with van der Waals surface area (Å²) in [6, 6.07) is 12.6. The van der Waals surface area contributed by atoms with Crippen LogP contribution in [0.15, 0.2) is 60.7 Å². The van der Waals surface area contributed by atoms with Gasteiger partial charge in [0, 0.05) is 86.3 Å². The first-order chi connectivity index (χ1) is 38.7. The van der Waals surface area contributed by atoms with Crippen molar-refractivity contribution in [1.82, 2.24) is 19.8 Å². The van der Waals surface area contributed by atoms with E-state index in [2.05, 4.69) is 27.7 Å². The van der Waals surface area contributed by atoms with E-state index in [1.165, 1.54) is 44.6 Å². The fourth-order valence-electron chi connectivity index (χ4n) is 11.2. The molecule has 4 atom stereocenters. The zero-order chi connectivity index (χ0) is 61.5. The Morgan fingerprint density at radius 2 is 1.17 bits per heavy atom. The summed E-state index contributed by atoms with van der Waals surface area (Å²) in [6.45, 7) is 27.3. The van der Waals surface area contributed by atoms with Crippen LogP contribution in [0.4, 0.5) is 8.78 Å². The summed E-state index contributed by atoms with van der Waals surface area (Å²) in [7, 11) is 2.99. The second kappa shape index (κ2) is 27.2. The Bertz CT molecular complexity index is 3020. The average Bonchev–Trinajstić information content (AvgIpc) is 1.84. The summed E-state index contributed by atoms with van der Waals surface area (Å²) >= 11 is 0. The Morgan fingerprint density at radius 1 is 0.723 bits per heavy atom. The lowest BCUT2D eigenvalue weighted by atomic mass is 9.77. The fourth-order valence-corrected chi connectivity index (χ4v) is 11.2. The molecule has 3 aliphatic rings. The van der Waals surface area contributed by atoms with Crippen LogP contribution < -0.4 is 0 Å². The molecule has 0 aliphatic carbocycles. The Kier molecular flexibility index (Phi) is 21.6. The molecule has 2 aromatic carbocycles. The molecule has 452 valence electrons. The molecule has 2 aromatic heterocycles. The van der Waals surface area contributed by atoms with Crippen LogP contribution >= 0.6 is 0 Å². The number of methoxy groups -OCH3 is 2. The SMILES string of the molecule is COCC(=O)N1Cc2c(nc(C(C)C)c(/C=C/[C@@H](O)C[C@@H](O)CC(=O)O)c2-c2ccc(F)cc2)C(C)(C)C1.COCC(=O)N1Cc2c(nc(C(C)C)c(/C=C/[C@@H]3C[C@H](CC(=O)OC(C)(C)C)OC(C)(C)O3)c2-c2ccc(F)cc2)C(C)(C)C1. The van der Waals surface area contributed by atoms with E-state index < -0.39 is 46.8 Å². The van der Waals surface area contributed by atoms with Crippen molar-refractivity contribution in [1.29, 1.82) is 0 Å². The number of aromatic nitrogens is 2. The molecule has 3 N–H and O–H groups in total. The topological polar surface area (TPSA) is 207 Å². The minimum absolute atomic E-state index is 0.00200. The first kappa shape index (κ1) is 65.9. The third kappa shape index (κ3) is 17.2. The zero-order valence-electron chi connectivity index (χ0n) is 51.0. The van der Waals surface area contributed by atoms with Crippen molar-refractivity contribution >= 4 is 35.9 Å². The number of ether oxygens (including phenoxy) is 5. The predicted octanol–water partition coefficient (Wildman–Crippen LogP) is 10.8. The molecule has 4 aromatic rings. The van der Waals surface area contributed by atoms with Crippen molar-refractivity contribution in [2.45, 2.75) is 187 Å². The van der Waals surface area contributed by atoms with Crippen LogP contribution in [-0.2, 0) is 66.8 Å². The standard InChI is InChI=1S/C36H49FN2O6.C29H37FN2O6/c1-22(2)32-27(16-15-25-17-26(44-36(8,9)43-25)18-30(41)45-34(3,4)5)31(23-11-13-24(37)14-12-23)28-19-39(29(40)20-42-10)21-35(6,7)33(28)38-32;1-17(2)27-22(11-10-20(33)12-21(34)13-25(36)37)26(18-6-8-19(30)9-7-18)23-14-32(24(35)15-38-5)16-29(3,4)28(23)31-27/h11-16,22,25-26H,17-21H2,1-10H3;6-11,17,20-21,33-34H,12-16H2,1-5H3,(H,36,37)/b16-15+;11-10+/t25-,26-;20-,21-/m11/s1. The highest BCUT2D eigenvalue weighted by Crippen LogP contribution is 2.45. The number of amides is 2. The van der Waals surface area contributed by atoms with Crippen molar-refractivity contribution < 1.29 is 67.0 Å². The number of carbonyl (C=O) groups excluding carboxylic acids is 3. The van der Waals surface area contributed by atoms with Crippen LogP contribution in [0.25, 0.3) is 34.4 Å². The van der Waals surface area contributed by atoms with Gasteiger partial charge in [-0.15, -0.1) is 0 Å². The van der Waals surface area contributed by atoms with E-state index in [1.54, 1.807) is 35.2 Å². The highest BCUT2D eigenvalue weighted by atomic mass is 19.1. The molecule has 2 amide bonds. The van der Waals surface area contributed by atoms with Crippen LogP contribution in [0.5, 0.6) is 0 Å². The van der Waals surface area contributed by atoms with Gasteiger partial charge in [-0.25, -0.2) is 8.78 Å². The summed E-state index contributed by atoms with van der Waals surface area (Å²) in [5.41, 5.74) is 8.65. The van der Waals surface area contributed by atoms with E-state index in [1.807, 2.05) is 79.4 Å². The summed E-state index contributed by atoms with van der Waals surface area (Å²) in [5, 5.41) is 29.4. The van der Waals surface area contributed by atoms with Crippen molar-refractivity contribution in [3.05, 3.63) is 117 Å². The molecule has 0 bridgehead atoms. The Morgan fingerprint density at radius 3 is 1.58 bits per heavy atom. The molecular formula is C65H86F2N4O12. The number of esters is 1. The summed E-state index contributed by atoms with van der Waals surface area (Å²) < 4.78 is 56.3. The number of nitrogens with zero attached hydrogens (tertiary/aromatic N) is 4. The first-order valence-corrected chi connectivity index (χ1v) is 28.4. The summed E-state index contributed by atoms with van der Waals surface area (Å²) in [6.07, 6.45) is 4.19. The Hall–Kier alpha value is -6.28. The van der Waals surface area contributed by atoms with E-state index in [9.17, 15) is 38.2 Å². The maximum atomic E-state index is 14.2. The summed E-state index contributed by atoms with van der Waals surface area (Å²) in [5.74, 6) is -3.26. The number of carboxylic acids is 1. The number of aliphatic hydroxyl groups is 2. The van der Waals surface area contributed by atoms with E-state index in [4.69, 9.17) is 38.8 Å². The maximum Gasteiger partial charge on any atom is 0.308 e. The number of hydrogen-bond acceptors (Lipinski definition) is 13. The molecule has 16 nitrogen and oxygen atoms in total. The van der Waals surface area contributed by atoms with Crippen molar-refractivity contribution in [3.8, 4) is 22.3 Å². The largest absolute Gasteiger partial charge is 0.481 e. The molecule has 7 rings (SSSR count). The molecule has 1 fully saturated rings. The molecule has 1 saturated heterocycles. The van der Waals surface area contributed by atoms with Crippen molar-refractivity contribution in [3.63, 3.8) is 0 Å². The van der Waals surface area contributed by atoms with Crippen LogP contribution in [0.2, 0.25) is 0 Å². The Balaban J connectivity index is 0.000000271. The minimum Gasteiger partial charge on any atom is -0.481 e. The van der Waals surface area contributed by atoms with Gasteiger partial charge in [-0.3, -0.25) is 29.1 Å². The van der Waals surface area contributed by atoms with Crippen molar-refractivity contribution in [2.75, 3.05) is 40.5 Å². The number of aliphatic carboxylic acids is 1. The molecule has 0 spiro atoms. The van der Waals surface area contributed by atoms with Gasteiger partial charge in [0.25, 0.3) is 0 Å². The van der Waals surface area contributed by atoms with Crippen LogP contribution in [-0.4, -0.2) is 135 Å². The maximum absolute atomic E-state index is 14.2. The lowest BCUT2D eigenvalue weighted by molar-refractivity contribution is -0.290. The van der Waals surface area contributed by atoms with E-state index in [0.717, 1.165) is 61.7 Å². The van der Waals surface area contributed by atoms with Gasteiger partial charge >= 0.3 is 11.9 Å². The lowest BCUT2D eigenvalue weighted by Gasteiger charge is -2.41. The average molecular weight is 1150 g/mol. The normalized spacial score (nSPS) is 19.0. The van der Waals surface area contributed by atoms with Crippen LogP contribution in [0.3, 0.4) is 0 Å². The van der Waals surface area contributed by atoms with Crippen molar-refractivity contribution in [2.24, 2.45) is 0 Å². The van der Waals surface area contributed by atoms with Gasteiger partial charge < -0.3 is 48.8 Å². The molecule has 0 saturated carbocycles. The van der Waals surface area contributed by atoms with Crippen LogP contribution in [0.1, 0.15) is 173 Å². The molecule has 0 radical (unpaired) electrons. The highest BCUT2D eigenvalue weighted by Gasteiger charge is 2.41. The lowest BCUT2D eigenvalue weighted by Crippen LogP contribution is -2.47. The number of fused-ring (bicyclic) bond motifs is 2.